The van der Waals surface area contributed by atoms with Crippen molar-refractivity contribution in [2.24, 2.45) is 0 Å². The highest BCUT2D eigenvalue weighted by molar-refractivity contribution is 7.91. The minimum atomic E-state index is -3.22. The van der Waals surface area contributed by atoms with Crippen molar-refractivity contribution in [3.05, 3.63) is 29.8 Å². The summed E-state index contributed by atoms with van der Waals surface area (Å²) in [7, 11) is -1.49. The summed E-state index contributed by atoms with van der Waals surface area (Å²) in [6, 6.07) is 6.65. The summed E-state index contributed by atoms with van der Waals surface area (Å²) in [5.74, 6) is -0.0144. The maximum Gasteiger partial charge on any atom is 0.236 e. The highest BCUT2D eigenvalue weighted by atomic mass is 32.2. The Morgan fingerprint density at radius 2 is 2.11 bits per heavy atom. The molecule has 0 aliphatic carbocycles. The van der Waals surface area contributed by atoms with E-state index in [0.717, 1.165) is 5.56 Å². The van der Waals surface area contributed by atoms with Crippen molar-refractivity contribution in [2.75, 3.05) is 25.9 Å². The third-order valence-corrected chi connectivity index (χ3v) is 5.23. The first-order chi connectivity index (χ1) is 8.95. The van der Waals surface area contributed by atoms with Crippen molar-refractivity contribution in [3.63, 3.8) is 0 Å². The van der Waals surface area contributed by atoms with Crippen LogP contribution in [0.5, 0.6) is 0 Å². The Hall–Kier alpha value is -1.40. The van der Waals surface area contributed by atoms with E-state index in [2.05, 4.69) is 5.32 Å². The van der Waals surface area contributed by atoms with Crippen molar-refractivity contribution in [1.29, 1.82) is 0 Å². The van der Waals surface area contributed by atoms with Crippen molar-refractivity contribution >= 4 is 15.7 Å². The normalized spacial score (nSPS) is 20.0. The fourth-order valence-corrected chi connectivity index (χ4v) is 3.91. The summed E-state index contributed by atoms with van der Waals surface area (Å²) in [4.78, 5) is 13.7. The van der Waals surface area contributed by atoms with Gasteiger partial charge >= 0.3 is 0 Å². The van der Waals surface area contributed by atoms with E-state index in [0.29, 0.717) is 11.4 Å². The van der Waals surface area contributed by atoms with Crippen LogP contribution in [0.4, 0.5) is 0 Å². The molecule has 0 aromatic heterocycles. The number of sulfone groups is 1. The van der Waals surface area contributed by atoms with E-state index in [-0.39, 0.29) is 24.2 Å². The third kappa shape index (κ3) is 2.79. The van der Waals surface area contributed by atoms with Gasteiger partial charge in [-0.2, -0.15) is 0 Å². The lowest BCUT2D eigenvalue weighted by Gasteiger charge is -2.17. The van der Waals surface area contributed by atoms with E-state index in [4.69, 9.17) is 0 Å². The summed E-state index contributed by atoms with van der Waals surface area (Å²) in [5, 5.41) is 3.04. The maximum atomic E-state index is 12.0. The smallest absolute Gasteiger partial charge is 0.236 e. The van der Waals surface area contributed by atoms with Crippen molar-refractivity contribution in [1.82, 2.24) is 10.2 Å². The summed E-state index contributed by atoms with van der Waals surface area (Å²) >= 11 is 0. The monoisotopic (exact) mass is 282 g/mol. The fraction of sp³-hybridized carbons (Fsp3) is 0.462. The number of hydrogen-bond donors (Lipinski definition) is 1. The Balaban J connectivity index is 2.11. The van der Waals surface area contributed by atoms with Crippen molar-refractivity contribution < 1.29 is 13.2 Å². The minimum Gasteiger partial charge on any atom is -0.345 e. The van der Waals surface area contributed by atoms with Gasteiger partial charge in [-0.05, 0) is 18.6 Å². The maximum absolute atomic E-state index is 12.0. The van der Waals surface area contributed by atoms with Crippen LogP contribution in [0.1, 0.15) is 18.5 Å². The van der Waals surface area contributed by atoms with Crippen LogP contribution in [0.25, 0.3) is 0 Å². The molecule has 0 fully saturated rings. The molecule has 104 valence electrons. The summed E-state index contributed by atoms with van der Waals surface area (Å²) in [6.45, 7) is 2.69. The molecule has 0 spiro atoms. The summed E-state index contributed by atoms with van der Waals surface area (Å²) in [6.07, 6.45) is 0. The first-order valence-electron chi connectivity index (χ1n) is 6.24. The van der Waals surface area contributed by atoms with E-state index in [9.17, 15) is 13.2 Å². The molecule has 1 aromatic rings. The van der Waals surface area contributed by atoms with Crippen LogP contribution >= 0.6 is 0 Å². The Labute approximate surface area is 113 Å². The molecule has 0 radical (unpaired) electrons. The van der Waals surface area contributed by atoms with Gasteiger partial charge in [-0.15, -0.1) is 0 Å². The molecule has 0 saturated carbocycles. The quantitative estimate of drug-likeness (QED) is 0.877. The van der Waals surface area contributed by atoms with Gasteiger partial charge in [0.05, 0.1) is 17.2 Å². The molecule has 6 heteroatoms. The van der Waals surface area contributed by atoms with E-state index in [1.165, 1.54) is 0 Å². The number of rotatable bonds is 4. The lowest BCUT2D eigenvalue weighted by Crippen LogP contribution is -2.37. The first kappa shape index (κ1) is 14.0. The number of benzene rings is 1. The summed E-state index contributed by atoms with van der Waals surface area (Å²) < 4.78 is 23.9. The molecule has 1 amide bonds. The number of fused-ring (bicyclic) bond motifs is 1. The largest absolute Gasteiger partial charge is 0.345 e. The Bertz CT molecular complexity index is 583. The SMILES string of the molecule is CCN(C)C(=O)CNC1CS(=O)(=O)c2ccccc21. The number of carbonyl (C=O) groups is 1. The van der Waals surface area contributed by atoms with Gasteiger partial charge in [-0.3, -0.25) is 4.79 Å². The number of nitrogens with one attached hydrogen (secondary N) is 1. The van der Waals surface area contributed by atoms with Crippen LogP contribution in [0.2, 0.25) is 0 Å². The van der Waals surface area contributed by atoms with E-state index in [1.54, 1.807) is 30.1 Å². The van der Waals surface area contributed by atoms with Gasteiger partial charge in [0.25, 0.3) is 0 Å². The molecular formula is C13H18N2O3S. The second-order valence-corrected chi connectivity index (χ2v) is 6.66. The van der Waals surface area contributed by atoms with Crippen LogP contribution in [-0.4, -0.2) is 45.1 Å². The van der Waals surface area contributed by atoms with Gasteiger partial charge in [-0.25, -0.2) is 8.42 Å². The molecule has 19 heavy (non-hydrogen) atoms. The average Bonchev–Trinajstić information content (AvgIpc) is 2.67. The van der Waals surface area contributed by atoms with Crippen LogP contribution in [0.15, 0.2) is 29.2 Å². The highest BCUT2D eigenvalue weighted by Crippen LogP contribution is 2.32. The molecule has 1 aromatic carbocycles. The van der Waals surface area contributed by atoms with E-state index in [1.807, 2.05) is 13.0 Å². The average molecular weight is 282 g/mol. The van der Waals surface area contributed by atoms with Crippen LogP contribution in [0, 0.1) is 0 Å². The first-order valence-corrected chi connectivity index (χ1v) is 7.90. The van der Waals surface area contributed by atoms with Gasteiger partial charge in [0.15, 0.2) is 9.84 Å². The number of likely N-dealkylation sites (N-methyl/N-ethyl adjacent to an activating group) is 1. The zero-order valence-electron chi connectivity index (χ0n) is 11.1. The van der Waals surface area contributed by atoms with Gasteiger partial charge in [0, 0.05) is 19.6 Å². The van der Waals surface area contributed by atoms with Crippen LogP contribution in [-0.2, 0) is 14.6 Å². The second kappa shape index (κ2) is 5.30. The molecule has 1 unspecified atom stereocenters. The fourth-order valence-electron chi connectivity index (χ4n) is 2.14. The second-order valence-electron chi connectivity index (χ2n) is 4.66. The molecule has 1 heterocycles. The third-order valence-electron chi connectivity index (χ3n) is 3.42. The van der Waals surface area contributed by atoms with Crippen LogP contribution < -0.4 is 5.32 Å². The van der Waals surface area contributed by atoms with Crippen molar-refractivity contribution in [2.45, 2.75) is 17.9 Å². The number of carbonyl (C=O) groups excluding carboxylic acids is 1. The molecule has 5 nitrogen and oxygen atoms in total. The minimum absolute atomic E-state index is 0.0233. The number of amides is 1. The van der Waals surface area contributed by atoms with E-state index >= 15 is 0 Å². The summed E-state index contributed by atoms with van der Waals surface area (Å²) in [5.41, 5.74) is 0.759. The van der Waals surface area contributed by atoms with Gasteiger partial charge in [0.2, 0.25) is 5.91 Å². The molecule has 0 bridgehead atoms. The molecule has 1 aliphatic heterocycles. The van der Waals surface area contributed by atoms with Crippen molar-refractivity contribution in [3.8, 4) is 0 Å². The zero-order chi connectivity index (χ0) is 14.0. The van der Waals surface area contributed by atoms with E-state index < -0.39 is 9.84 Å². The van der Waals surface area contributed by atoms with Gasteiger partial charge in [-0.1, -0.05) is 18.2 Å². The highest BCUT2D eigenvalue weighted by Gasteiger charge is 2.34. The predicted octanol–water partition coefficient (Wildman–Crippen LogP) is 0.583. The topological polar surface area (TPSA) is 66.5 Å². The molecule has 0 saturated heterocycles. The molecule has 1 atom stereocenters. The standard InChI is InChI=1S/C13H18N2O3S/c1-3-15(2)13(16)8-14-11-9-19(17,18)12-7-5-4-6-10(11)12/h4-7,11,14H,3,8-9H2,1-2H3. The number of nitrogens with zero attached hydrogens (tertiary/aromatic N) is 1. The Kier molecular flexibility index (Phi) is 3.91. The van der Waals surface area contributed by atoms with Gasteiger partial charge in [0.1, 0.15) is 0 Å². The Morgan fingerprint density at radius 3 is 2.79 bits per heavy atom. The predicted molar refractivity (Wildman–Crippen MR) is 72.5 cm³/mol. The zero-order valence-corrected chi connectivity index (χ0v) is 11.9. The molecule has 2 rings (SSSR count). The lowest BCUT2D eigenvalue weighted by molar-refractivity contribution is -0.128. The van der Waals surface area contributed by atoms with Crippen LogP contribution in [0.3, 0.4) is 0 Å². The van der Waals surface area contributed by atoms with Gasteiger partial charge < -0.3 is 10.2 Å². The lowest BCUT2D eigenvalue weighted by atomic mass is 10.1. The molecule has 1 N–H and O–H groups in total. The molecule has 1 aliphatic rings. The Morgan fingerprint density at radius 1 is 1.42 bits per heavy atom. The number of hydrogen-bond acceptors (Lipinski definition) is 4. The molecular weight excluding hydrogens is 264 g/mol.